The molecular formula is C16H19N3O5S. The lowest BCUT2D eigenvalue weighted by Crippen LogP contribution is -2.49. The summed E-state index contributed by atoms with van der Waals surface area (Å²) in [5.41, 5.74) is 0.905. The molecule has 0 unspecified atom stereocenters. The van der Waals surface area contributed by atoms with Gasteiger partial charge in [0.2, 0.25) is 10.0 Å². The molecule has 1 aliphatic heterocycles. The van der Waals surface area contributed by atoms with Crippen LogP contribution < -0.4 is 5.56 Å². The highest BCUT2D eigenvalue weighted by Crippen LogP contribution is 2.22. The number of aryl methyl sites for hydroxylation is 1. The molecule has 8 nitrogen and oxygen atoms in total. The molecule has 2 heterocycles. The fourth-order valence-electron chi connectivity index (χ4n) is 2.92. The molecule has 25 heavy (non-hydrogen) atoms. The molecular weight excluding hydrogens is 346 g/mol. The van der Waals surface area contributed by atoms with Gasteiger partial charge in [0.1, 0.15) is 0 Å². The monoisotopic (exact) mass is 365 g/mol. The standard InChI is InChI=1S/C16H19N3O5S/c1-11-8-12-9-13(2-3-14(12)17-16(11)22)25(23,24)19-6-4-18(5-7-19)10-15(20)21/h2-3,8-9H,4-7,10H2,1H3,(H,17,22)(H,20,21). The Balaban J connectivity index is 1.85. The number of fused-ring (bicyclic) bond motifs is 1. The minimum Gasteiger partial charge on any atom is -0.480 e. The number of aromatic amines is 1. The van der Waals surface area contributed by atoms with Gasteiger partial charge in [-0.05, 0) is 36.6 Å². The van der Waals surface area contributed by atoms with Crippen LogP contribution in [0.15, 0.2) is 34.0 Å². The third kappa shape index (κ3) is 3.58. The number of carboxylic acids is 1. The second kappa shape index (κ2) is 6.58. The molecule has 0 saturated carbocycles. The number of hydrogen-bond acceptors (Lipinski definition) is 5. The first-order chi connectivity index (χ1) is 11.8. The summed E-state index contributed by atoms with van der Waals surface area (Å²) >= 11 is 0. The molecule has 0 aliphatic carbocycles. The number of hydrogen-bond donors (Lipinski definition) is 2. The summed E-state index contributed by atoms with van der Waals surface area (Å²) < 4.78 is 27.0. The zero-order chi connectivity index (χ0) is 18.2. The number of nitrogens with zero attached hydrogens (tertiary/aromatic N) is 2. The number of H-pyrrole nitrogens is 1. The minimum atomic E-state index is -3.66. The molecule has 1 aromatic heterocycles. The van der Waals surface area contributed by atoms with E-state index in [9.17, 15) is 18.0 Å². The topological polar surface area (TPSA) is 111 Å². The van der Waals surface area contributed by atoms with Crippen molar-refractivity contribution in [1.82, 2.24) is 14.2 Å². The predicted molar refractivity (Wildman–Crippen MR) is 92.1 cm³/mol. The molecule has 1 saturated heterocycles. The van der Waals surface area contributed by atoms with Crippen molar-refractivity contribution in [2.75, 3.05) is 32.7 Å². The van der Waals surface area contributed by atoms with Gasteiger partial charge in [-0.15, -0.1) is 0 Å². The number of carbonyl (C=O) groups is 1. The van der Waals surface area contributed by atoms with Crippen molar-refractivity contribution >= 4 is 26.9 Å². The van der Waals surface area contributed by atoms with Crippen LogP contribution in [0, 0.1) is 6.92 Å². The Morgan fingerprint density at radius 1 is 1.20 bits per heavy atom. The predicted octanol–water partition coefficient (Wildman–Crippen LogP) is 0.227. The first-order valence-electron chi connectivity index (χ1n) is 7.85. The van der Waals surface area contributed by atoms with Crippen LogP contribution in [0.25, 0.3) is 10.9 Å². The van der Waals surface area contributed by atoms with Gasteiger partial charge in [-0.1, -0.05) is 0 Å². The van der Waals surface area contributed by atoms with Crippen LogP contribution >= 0.6 is 0 Å². The molecule has 2 aromatic rings. The van der Waals surface area contributed by atoms with Gasteiger partial charge in [-0.2, -0.15) is 4.31 Å². The number of sulfonamides is 1. The lowest BCUT2D eigenvalue weighted by atomic mass is 10.2. The maximum absolute atomic E-state index is 12.8. The van der Waals surface area contributed by atoms with Crippen LogP contribution in [-0.4, -0.2) is 66.4 Å². The maximum atomic E-state index is 12.8. The molecule has 0 bridgehead atoms. The van der Waals surface area contributed by atoms with E-state index in [1.807, 2.05) is 0 Å². The van der Waals surface area contributed by atoms with E-state index in [2.05, 4.69) is 4.98 Å². The zero-order valence-electron chi connectivity index (χ0n) is 13.7. The summed E-state index contributed by atoms with van der Waals surface area (Å²) in [5, 5.41) is 9.47. The van der Waals surface area contributed by atoms with Gasteiger partial charge in [0.05, 0.1) is 11.4 Å². The largest absolute Gasteiger partial charge is 0.480 e. The molecule has 9 heteroatoms. The highest BCUT2D eigenvalue weighted by molar-refractivity contribution is 7.89. The first kappa shape index (κ1) is 17.6. The normalized spacial score (nSPS) is 17.0. The summed E-state index contributed by atoms with van der Waals surface area (Å²) in [6.07, 6.45) is 0. The SMILES string of the molecule is Cc1cc2cc(S(=O)(=O)N3CCN(CC(=O)O)CC3)ccc2[nH]c1=O. The molecule has 0 spiro atoms. The smallest absolute Gasteiger partial charge is 0.317 e. The number of nitrogens with one attached hydrogen (secondary N) is 1. The fourth-order valence-corrected chi connectivity index (χ4v) is 4.38. The van der Waals surface area contributed by atoms with Crippen molar-refractivity contribution in [3.8, 4) is 0 Å². The Bertz CT molecular complexity index is 975. The molecule has 0 atom stereocenters. The number of aliphatic carboxylic acids is 1. The Hall–Kier alpha value is -2.23. The number of benzene rings is 1. The van der Waals surface area contributed by atoms with Gasteiger partial charge in [-0.3, -0.25) is 14.5 Å². The third-order valence-corrected chi connectivity index (χ3v) is 6.22. The van der Waals surface area contributed by atoms with E-state index < -0.39 is 16.0 Å². The highest BCUT2D eigenvalue weighted by atomic mass is 32.2. The third-order valence-electron chi connectivity index (χ3n) is 4.33. The van der Waals surface area contributed by atoms with Crippen LogP contribution in [-0.2, 0) is 14.8 Å². The second-order valence-electron chi connectivity index (χ2n) is 6.10. The molecule has 1 aliphatic rings. The van der Waals surface area contributed by atoms with Crippen molar-refractivity contribution in [1.29, 1.82) is 0 Å². The van der Waals surface area contributed by atoms with E-state index in [1.165, 1.54) is 10.4 Å². The highest BCUT2D eigenvalue weighted by Gasteiger charge is 2.29. The lowest BCUT2D eigenvalue weighted by Gasteiger charge is -2.33. The second-order valence-corrected chi connectivity index (χ2v) is 8.04. The summed E-state index contributed by atoms with van der Waals surface area (Å²) in [6.45, 7) is 2.84. The molecule has 3 rings (SSSR count). The van der Waals surface area contributed by atoms with Crippen molar-refractivity contribution in [3.63, 3.8) is 0 Å². The van der Waals surface area contributed by atoms with Gasteiger partial charge in [-0.25, -0.2) is 8.42 Å². The van der Waals surface area contributed by atoms with E-state index in [1.54, 1.807) is 30.0 Å². The van der Waals surface area contributed by atoms with Crippen molar-refractivity contribution in [2.24, 2.45) is 0 Å². The van der Waals surface area contributed by atoms with Crippen LogP contribution in [0.3, 0.4) is 0 Å². The maximum Gasteiger partial charge on any atom is 0.317 e. The number of piperazine rings is 1. The van der Waals surface area contributed by atoms with Crippen LogP contribution in [0.5, 0.6) is 0 Å². The van der Waals surface area contributed by atoms with Gasteiger partial charge < -0.3 is 10.1 Å². The molecule has 1 aromatic carbocycles. The van der Waals surface area contributed by atoms with E-state index in [0.717, 1.165) is 0 Å². The minimum absolute atomic E-state index is 0.0868. The van der Waals surface area contributed by atoms with E-state index in [0.29, 0.717) is 29.6 Å². The summed E-state index contributed by atoms with van der Waals surface area (Å²) in [6, 6.07) is 6.28. The fraction of sp³-hybridized carbons (Fsp3) is 0.375. The number of pyridine rings is 1. The van der Waals surface area contributed by atoms with Gasteiger partial charge >= 0.3 is 5.97 Å². The Labute approximate surface area is 144 Å². The first-order valence-corrected chi connectivity index (χ1v) is 9.29. The molecule has 0 amide bonds. The summed E-state index contributed by atoms with van der Waals surface area (Å²) in [5.74, 6) is -0.921. The number of aromatic nitrogens is 1. The van der Waals surface area contributed by atoms with Gasteiger partial charge in [0.25, 0.3) is 5.56 Å². The van der Waals surface area contributed by atoms with Crippen molar-refractivity contribution in [2.45, 2.75) is 11.8 Å². The zero-order valence-corrected chi connectivity index (χ0v) is 14.5. The van der Waals surface area contributed by atoms with Gasteiger partial charge in [0.15, 0.2) is 0 Å². The number of rotatable bonds is 4. The number of carboxylic acid groups (broad SMARTS) is 1. The van der Waals surface area contributed by atoms with E-state index >= 15 is 0 Å². The molecule has 1 fully saturated rings. The average Bonchev–Trinajstić information content (AvgIpc) is 2.55. The van der Waals surface area contributed by atoms with Crippen molar-refractivity contribution in [3.05, 3.63) is 40.2 Å². The van der Waals surface area contributed by atoms with Crippen LogP contribution in [0.1, 0.15) is 5.56 Å². The van der Waals surface area contributed by atoms with Gasteiger partial charge in [0, 0.05) is 37.3 Å². The summed E-state index contributed by atoms with van der Waals surface area (Å²) in [7, 11) is -3.66. The quantitative estimate of drug-likeness (QED) is 0.802. The molecule has 2 N–H and O–H groups in total. The molecule has 134 valence electrons. The van der Waals surface area contributed by atoms with Crippen LogP contribution in [0.4, 0.5) is 0 Å². The Morgan fingerprint density at radius 3 is 2.52 bits per heavy atom. The Kier molecular flexibility index (Phi) is 4.63. The summed E-state index contributed by atoms with van der Waals surface area (Å²) in [4.78, 5) is 27.0. The Morgan fingerprint density at radius 2 is 1.88 bits per heavy atom. The van der Waals surface area contributed by atoms with Crippen molar-refractivity contribution < 1.29 is 18.3 Å². The van der Waals surface area contributed by atoms with Crippen LogP contribution in [0.2, 0.25) is 0 Å². The van der Waals surface area contributed by atoms with E-state index in [4.69, 9.17) is 5.11 Å². The average molecular weight is 365 g/mol. The lowest BCUT2D eigenvalue weighted by molar-refractivity contribution is -0.138. The van der Waals surface area contributed by atoms with E-state index in [-0.39, 0.29) is 30.1 Å². The molecule has 0 radical (unpaired) electrons.